The first-order valence-corrected chi connectivity index (χ1v) is 10.2. The van der Waals surface area contributed by atoms with Crippen molar-refractivity contribution in [3.05, 3.63) is 40.6 Å². The van der Waals surface area contributed by atoms with Crippen LogP contribution < -0.4 is 4.90 Å². The Morgan fingerprint density at radius 3 is 2.50 bits per heavy atom. The van der Waals surface area contributed by atoms with Crippen LogP contribution in [0.1, 0.15) is 56.3 Å². The van der Waals surface area contributed by atoms with Gasteiger partial charge in [-0.2, -0.15) is 0 Å². The van der Waals surface area contributed by atoms with Gasteiger partial charge in [0.15, 0.2) is 0 Å². The molecule has 150 valence electrons. The molecule has 0 bridgehead atoms. The van der Waals surface area contributed by atoms with Crippen molar-refractivity contribution < 1.29 is 19.1 Å². The van der Waals surface area contributed by atoms with E-state index in [0.29, 0.717) is 23.6 Å². The maximum atomic E-state index is 13.1. The molecule has 0 N–H and O–H groups in total. The summed E-state index contributed by atoms with van der Waals surface area (Å²) in [6.07, 6.45) is 4.70. The maximum Gasteiger partial charge on any atom is 0.338 e. The van der Waals surface area contributed by atoms with Crippen LogP contribution in [-0.2, 0) is 14.3 Å². The molecule has 2 aliphatic heterocycles. The first-order chi connectivity index (χ1) is 13.5. The lowest BCUT2D eigenvalue weighted by Gasteiger charge is -2.37. The summed E-state index contributed by atoms with van der Waals surface area (Å²) in [5.41, 5.74) is 1.06. The standard InChI is InChI=1S/C21H25ClN2O4/c1-3-13-28-21(27)14-8-10-16(11-9-14)24-19(25)17(22)18(20(24)26)23-12-6-5-7-15(23)4-2/h8-11,15H,3-7,12-13H2,1-2H3. The highest BCUT2D eigenvalue weighted by molar-refractivity contribution is 6.52. The molecular formula is C21H25ClN2O4. The molecule has 1 aromatic carbocycles. The van der Waals surface area contributed by atoms with Crippen LogP contribution in [0.3, 0.4) is 0 Å². The van der Waals surface area contributed by atoms with Crippen molar-refractivity contribution in [1.29, 1.82) is 0 Å². The van der Waals surface area contributed by atoms with Crippen molar-refractivity contribution in [3.63, 3.8) is 0 Å². The number of amides is 2. The second kappa shape index (κ2) is 8.78. The Labute approximate surface area is 170 Å². The lowest BCUT2D eigenvalue weighted by molar-refractivity contribution is -0.121. The van der Waals surface area contributed by atoms with E-state index >= 15 is 0 Å². The summed E-state index contributed by atoms with van der Waals surface area (Å²) in [4.78, 5) is 40.8. The Balaban J connectivity index is 1.82. The highest BCUT2D eigenvalue weighted by Crippen LogP contribution is 2.35. The molecule has 2 heterocycles. The predicted molar refractivity (Wildman–Crippen MR) is 107 cm³/mol. The molecule has 3 rings (SSSR count). The molecule has 1 atom stereocenters. The highest BCUT2D eigenvalue weighted by atomic mass is 35.5. The van der Waals surface area contributed by atoms with Crippen LogP contribution in [0, 0.1) is 0 Å². The van der Waals surface area contributed by atoms with Crippen LogP contribution in [-0.4, -0.2) is 41.9 Å². The van der Waals surface area contributed by atoms with E-state index in [2.05, 4.69) is 6.92 Å². The van der Waals surface area contributed by atoms with Gasteiger partial charge >= 0.3 is 5.97 Å². The minimum atomic E-state index is -0.525. The predicted octanol–water partition coefficient (Wildman–Crippen LogP) is 3.84. The Bertz CT molecular complexity index is 803. The van der Waals surface area contributed by atoms with Gasteiger partial charge in [-0.15, -0.1) is 0 Å². The van der Waals surface area contributed by atoms with Gasteiger partial charge < -0.3 is 9.64 Å². The van der Waals surface area contributed by atoms with E-state index in [1.54, 1.807) is 24.3 Å². The number of halogens is 1. The van der Waals surface area contributed by atoms with Gasteiger partial charge in [-0.25, -0.2) is 9.69 Å². The molecule has 0 aromatic heterocycles. The molecule has 6 nitrogen and oxygen atoms in total. The number of ether oxygens (including phenoxy) is 1. The van der Waals surface area contributed by atoms with Gasteiger partial charge in [0.05, 0.1) is 17.9 Å². The van der Waals surface area contributed by atoms with E-state index in [9.17, 15) is 14.4 Å². The first-order valence-electron chi connectivity index (χ1n) is 9.82. The first kappa shape index (κ1) is 20.4. The number of hydrogen-bond acceptors (Lipinski definition) is 5. The maximum absolute atomic E-state index is 13.1. The molecule has 1 unspecified atom stereocenters. The lowest BCUT2D eigenvalue weighted by atomic mass is 9.99. The number of anilines is 1. The average molecular weight is 405 g/mol. The smallest absolute Gasteiger partial charge is 0.338 e. The number of likely N-dealkylation sites (tertiary alicyclic amines) is 1. The van der Waals surface area contributed by atoms with E-state index in [1.165, 1.54) is 0 Å². The molecule has 7 heteroatoms. The summed E-state index contributed by atoms with van der Waals surface area (Å²) < 4.78 is 5.10. The molecule has 1 aromatic rings. The van der Waals surface area contributed by atoms with Crippen LogP contribution in [0.25, 0.3) is 0 Å². The Morgan fingerprint density at radius 2 is 1.86 bits per heavy atom. The van der Waals surface area contributed by atoms with Gasteiger partial charge in [0.2, 0.25) is 0 Å². The normalized spacial score (nSPS) is 20.2. The van der Waals surface area contributed by atoms with Crippen LogP contribution in [0.15, 0.2) is 35.0 Å². The Morgan fingerprint density at radius 1 is 1.14 bits per heavy atom. The van der Waals surface area contributed by atoms with E-state index in [-0.39, 0.29) is 11.1 Å². The molecule has 2 amide bonds. The average Bonchev–Trinajstić information content (AvgIpc) is 2.94. The molecule has 0 saturated carbocycles. The number of rotatable bonds is 6. The van der Waals surface area contributed by atoms with Crippen LogP contribution in [0.5, 0.6) is 0 Å². The molecule has 28 heavy (non-hydrogen) atoms. The van der Waals surface area contributed by atoms with Crippen molar-refractivity contribution in [2.24, 2.45) is 0 Å². The molecule has 0 aliphatic carbocycles. The van der Waals surface area contributed by atoms with E-state index in [0.717, 1.165) is 43.5 Å². The number of carbonyl (C=O) groups is 3. The topological polar surface area (TPSA) is 66.9 Å². The summed E-state index contributed by atoms with van der Waals surface area (Å²) in [5.74, 6) is -1.36. The van der Waals surface area contributed by atoms with Crippen molar-refractivity contribution in [3.8, 4) is 0 Å². The highest BCUT2D eigenvalue weighted by Gasteiger charge is 2.43. The minimum absolute atomic E-state index is 0.0308. The number of imide groups is 1. The number of esters is 1. The zero-order chi connectivity index (χ0) is 20.3. The number of piperidine rings is 1. The zero-order valence-electron chi connectivity index (χ0n) is 16.2. The van der Waals surface area contributed by atoms with Gasteiger partial charge in [0.1, 0.15) is 10.7 Å². The van der Waals surface area contributed by atoms with Crippen molar-refractivity contribution in [1.82, 2.24) is 4.90 Å². The number of benzene rings is 1. The van der Waals surface area contributed by atoms with Crippen molar-refractivity contribution in [2.45, 2.75) is 52.0 Å². The fraction of sp³-hybridized carbons (Fsp3) is 0.476. The SMILES string of the molecule is CCCOC(=O)c1ccc(N2C(=O)C(Cl)=C(N3CCCCC3CC)C2=O)cc1. The van der Waals surface area contributed by atoms with Gasteiger partial charge in [-0.3, -0.25) is 9.59 Å². The fourth-order valence-corrected chi connectivity index (χ4v) is 3.99. The third-order valence-electron chi connectivity index (χ3n) is 5.19. The molecule has 1 fully saturated rings. The zero-order valence-corrected chi connectivity index (χ0v) is 17.0. The summed E-state index contributed by atoms with van der Waals surface area (Å²) in [6, 6.07) is 6.45. The summed E-state index contributed by atoms with van der Waals surface area (Å²) in [5, 5.41) is -0.0308. The van der Waals surface area contributed by atoms with Crippen molar-refractivity contribution >= 4 is 35.1 Å². The summed E-state index contributed by atoms with van der Waals surface area (Å²) in [6.45, 7) is 5.06. The minimum Gasteiger partial charge on any atom is -0.462 e. The second-order valence-electron chi connectivity index (χ2n) is 7.04. The van der Waals surface area contributed by atoms with Gasteiger partial charge in [-0.1, -0.05) is 25.4 Å². The van der Waals surface area contributed by atoms with E-state index in [1.807, 2.05) is 11.8 Å². The largest absolute Gasteiger partial charge is 0.462 e. The summed E-state index contributed by atoms with van der Waals surface area (Å²) in [7, 11) is 0. The monoisotopic (exact) mass is 404 g/mol. The van der Waals surface area contributed by atoms with Crippen LogP contribution in [0.2, 0.25) is 0 Å². The van der Waals surface area contributed by atoms with Gasteiger partial charge in [0.25, 0.3) is 11.8 Å². The van der Waals surface area contributed by atoms with E-state index in [4.69, 9.17) is 16.3 Å². The Kier molecular flexibility index (Phi) is 6.39. The van der Waals surface area contributed by atoms with Crippen molar-refractivity contribution in [2.75, 3.05) is 18.1 Å². The lowest BCUT2D eigenvalue weighted by Crippen LogP contribution is -2.42. The third-order valence-corrected chi connectivity index (χ3v) is 5.53. The second-order valence-corrected chi connectivity index (χ2v) is 7.42. The number of carbonyl (C=O) groups excluding carboxylic acids is 3. The van der Waals surface area contributed by atoms with Crippen LogP contribution in [0.4, 0.5) is 5.69 Å². The van der Waals surface area contributed by atoms with Gasteiger partial charge in [-0.05, 0) is 56.4 Å². The summed E-state index contributed by atoms with van der Waals surface area (Å²) >= 11 is 6.31. The molecular weight excluding hydrogens is 380 g/mol. The van der Waals surface area contributed by atoms with Gasteiger partial charge in [0, 0.05) is 12.6 Å². The molecule has 0 radical (unpaired) electrons. The molecule has 0 spiro atoms. The number of nitrogens with zero attached hydrogens (tertiary/aromatic N) is 2. The number of hydrogen-bond donors (Lipinski definition) is 0. The third kappa shape index (κ3) is 3.78. The molecule has 2 aliphatic rings. The molecule has 1 saturated heterocycles. The van der Waals surface area contributed by atoms with E-state index < -0.39 is 17.8 Å². The quantitative estimate of drug-likeness (QED) is 0.532. The van der Waals surface area contributed by atoms with Crippen LogP contribution >= 0.6 is 11.6 Å². The Hall–Kier alpha value is -2.34. The fourth-order valence-electron chi connectivity index (χ4n) is 3.72.